The van der Waals surface area contributed by atoms with Crippen LogP contribution in [0.15, 0.2) is 24.8 Å². The molecule has 6 heteroatoms. The average Bonchev–Trinajstić information content (AvgIpc) is 2.90. The number of nitrogens with zero attached hydrogens (tertiary/aromatic N) is 4. The maximum atomic E-state index is 5.59. The van der Waals surface area contributed by atoms with Gasteiger partial charge in [0.15, 0.2) is 0 Å². The summed E-state index contributed by atoms with van der Waals surface area (Å²) in [6.07, 6.45) is 7.34. The Morgan fingerprint density at radius 2 is 2.00 bits per heavy atom. The summed E-state index contributed by atoms with van der Waals surface area (Å²) in [5, 5.41) is 0. The number of hydrogen-bond acceptors (Lipinski definition) is 4. The van der Waals surface area contributed by atoms with E-state index < -0.39 is 0 Å². The van der Waals surface area contributed by atoms with Gasteiger partial charge in [0.25, 0.3) is 0 Å². The van der Waals surface area contributed by atoms with Crippen molar-refractivity contribution in [3.05, 3.63) is 36.4 Å². The maximum Gasteiger partial charge on any atom is 0.137 e. The van der Waals surface area contributed by atoms with Crippen LogP contribution in [0.3, 0.4) is 0 Å². The van der Waals surface area contributed by atoms with E-state index in [-0.39, 0.29) is 6.04 Å². The molecule has 0 radical (unpaired) electrons. The average molecular weight is 220 g/mol. The molecule has 2 aromatic heterocycles. The molecule has 6 nitrogen and oxygen atoms in total. The van der Waals surface area contributed by atoms with Crippen molar-refractivity contribution in [2.75, 3.05) is 0 Å². The standard InChI is InChI=1S/C10H16N6/c1-3-16-7-5-13-10(16)8(14-11)9-12-4-6-15(9)2/h4-8,14H,3,11H2,1-2H3. The van der Waals surface area contributed by atoms with Crippen molar-refractivity contribution in [1.82, 2.24) is 24.5 Å². The van der Waals surface area contributed by atoms with Crippen molar-refractivity contribution in [3.63, 3.8) is 0 Å². The lowest BCUT2D eigenvalue weighted by Crippen LogP contribution is -2.32. The zero-order chi connectivity index (χ0) is 11.5. The lowest BCUT2D eigenvalue weighted by Gasteiger charge is -2.16. The molecule has 0 fully saturated rings. The highest BCUT2D eigenvalue weighted by Gasteiger charge is 2.20. The van der Waals surface area contributed by atoms with Gasteiger partial charge in [-0.1, -0.05) is 0 Å². The maximum absolute atomic E-state index is 5.59. The smallest absolute Gasteiger partial charge is 0.137 e. The second-order valence-electron chi connectivity index (χ2n) is 3.57. The van der Waals surface area contributed by atoms with Gasteiger partial charge in [0.1, 0.15) is 17.7 Å². The number of nitrogens with two attached hydrogens (primary N) is 1. The van der Waals surface area contributed by atoms with Crippen LogP contribution in [0.1, 0.15) is 24.6 Å². The molecule has 0 aliphatic rings. The van der Waals surface area contributed by atoms with E-state index in [0.717, 1.165) is 18.2 Å². The van der Waals surface area contributed by atoms with E-state index in [1.807, 2.05) is 28.6 Å². The van der Waals surface area contributed by atoms with E-state index in [1.54, 1.807) is 12.4 Å². The molecular weight excluding hydrogens is 204 g/mol. The molecule has 16 heavy (non-hydrogen) atoms. The number of aromatic nitrogens is 4. The Morgan fingerprint density at radius 3 is 2.56 bits per heavy atom. The molecule has 3 N–H and O–H groups in total. The Morgan fingerprint density at radius 1 is 1.31 bits per heavy atom. The predicted octanol–water partition coefficient (Wildman–Crippen LogP) is 0.189. The number of rotatable bonds is 4. The van der Waals surface area contributed by atoms with Gasteiger partial charge in [-0.2, -0.15) is 0 Å². The molecular formula is C10H16N6. The first kappa shape index (κ1) is 10.8. The summed E-state index contributed by atoms with van der Waals surface area (Å²) in [5.74, 6) is 7.32. The second kappa shape index (κ2) is 4.46. The van der Waals surface area contributed by atoms with Crippen LogP contribution in [-0.2, 0) is 13.6 Å². The van der Waals surface area contributed by atoms with Crippen LogP contribution in [0.5, 0.6) is 0 Å². The second-order valence-corrected chi connectivity index (χ2v) is 3.57. The van der Waals surface area contributed by atoms with Gasteiger partial charge in [-0.15, -0.1) is 0 Å². The SMILES string of the molecule is CCn1ccnc1C(NN)c1nccn1C. The predicted molar refractivity (Wildman–Crippen MR) is 60.3 cm³/mol. The monoisotopic (exact) mass is 220 g/mol. The van der Waals surface area contributed by atoms with Gasteiger partial charge in [0, 0.05) is 38.4 Å². The zero-order valence-corrected chi connectivity index (χ0v) is 9.46. The molecule has 0 aromatic carbocycles. The Labute approximate surface area is 94.1 Å². The number of nitrogens with one attached hydrogen (secondary N) is 1. The van der Waals surface area contributed by atoms with Gasteiger partial charge >= 0.3 is 0 Å². The quantitative estimate of drug-likeness (QED) is 0.570. The fourth-order valence-electron chi connectivity index (χ4n) is 1.77. The first-order valence-corrected chi connectivity index (χ1v) is 5.22. The lowest BCUT2D eigenvalue weighted by atomic mass is 10.2. The van der Waals surface area contributed by atoms with Crippen LogP contribution < -0.4 is 11.3 Å². The number of imidazole rings is 2. The van der Waals surface area contributed by atoms with Crippen LogP contribution in [-0.4, -0.2) is 19.1 Å². The Hall–Kier alpha value is -1.66. The van der Waals surface area contributed by atoms with E-state index in [4.69, 9.17) is 5.84 Å². The van der Waals surface area contributed by atoms with Crippen LogP contribution in [0.25, 0.3) is 0 Å². The molecule has 0 spiro atoms. The molecule has 0 saturated heterocycles. The number of aryl methyl sites for hydroxylation is 2. The van der Waals surface area contributed by atoms with Crippen LogP contribution in [0, 0.1) is 0 Å². The molecule has 2 rings (SSSR count). The molecule has 86 valence electrons. The van der Waals surface area contributed by atoms with Crippen LogP contribution in [0.2, 0.25) is 0 Å². The Bertz CT molecular complexity index is 457. The van der Waals surface area contributed by atoms with Gasteiger partial charge in [0.2, 0.25) is 0 Å². The first-order chi connectivity index (χ1) is 7.77. The molecule has 0 amide bonds. The van der Waals surface area contributed by atoms with E-state index in [9.17, 15) is 0 Å². The molecule has 2 aromatic rings. The fraction of sp³-hybridized carbons (Fsp3) is 0.400. The third-order valence-corrected chi connectivity index (χ3v) is 2.63. The third kappa shape index (κ3) is 1.72. The first-order valence-electron chi connectivity index (χ1n) is 5.22. The van der Waals surface area contributed by atoms with E-state index in [2.05, 4.69) is 22.3 Å². The van der Waals surface area contributed by atoms with Crippen molar-refractivity contribution in [3.8, 4) is 0 Å². The topological polar surface area (TPSA) is 73.7 Å². The minimum atomic E-state index is -0.185. The molecule has 2 heterocycles. The largest absolute Gasteiger partial charge is 0.336 e. The lowest BCUT2D eigenvalue weighted by molar-refractivity contribution is 0.524. The Balaban J connectivity index is 2.40. The summed E-state index contributed by atoms with van der Waals surface area (Å²) in [7, 11) is 1.94. The summed E-state index contributed by atoms with van der Waals surface area (Å²) < 4.78 is 3.97. The summed E-state index contributed by atoms with van der Waals surface area (Å²) in [5.41, 5.74) is 2.76. The molecule has 0 aliphatic carbocycles. The molecule has 1 unspecified atom stereocenters. The Kier molecular flexibility index (Phi) is 3.02. The van der Waals surface area contributed by atoms with Gasteiger partial charge in [-0.25, -0.2) is 15.4 Å². The molecule has 0 saturated carbocycles. The minimum absolute atomic E-state index is 0.185. The van der Waals surface area contributed by atoms with Gasteiger partial charge in [-0.05, 0) is 6.92 Å². The summed E-state index contributed by atoms with van der Waals surface area (Å²) in [6.45, 7) is 2.93. The highest BCUT2D eigenvalue weighted by molar-refractivity contribution is 5.12. The highest BCUT2D eigenvalue weighted by atomic mass is 15.3. The van der Waals surface area contributed by atoms with Crippen molar-refractivity contribution >= 4 is 0 Å². The zero-order valence-electron chi connectivity index (χ0n) is 9.46. The summed E-state index contributed by atoms with van der Waals surface area (Å²) in [4.78, 5) is 8.61. The van der Waals surface area contributed by atoms with Crippen molar-refractivity contribution in [2.45, 2.75) is 19.5 Å². The summed E-state index contributed by atoms with van der Waals surface area (Å²) >= 11 is 0. The number of hydrogen-bond donors (Lipinski definition) is 2. The van der Waals surface area contributed by atoms with E-state index in [0.29, 0.717) is 0 Å². The van der Waals surface area contributed by atoms with Gasteiger partial charge in [0.05, 0.1) is 0 Å². The normalized spacial score (nSPS) is 12.9. The van der Waals surface area contributed by atoms with Crippen LogP contribution in [0.4, 0.5) is 0 Å². The molecule has 0 bridgehead atoms. The highest BCUT2D eigenvalue weighted by Crippen LogP contribution is 2.17. The van der Waals surface area contributed by atoms with Crippen molar-refractivity contribution in [2.24, 2.45) is 12.9 Å². The van der Waals surface area contributed by atoms with Gasteiger partial charge < -0.3 is 9.13 Å². The summed E-state index contributed by atoms with van der Waals surface area (Å²) in [6, 6.07) is -0.185. The van der Waals surface area contributed by atoms with E-state index >= 15 is 0 Å². The third-order valence-electron chi connectivity index (χ3n) is 2.63. The van der Waals surface area contributed by atoms with Crippen LogP contribution >= 0.6 is 0 Å². The molecule has 1 atom stereocenters. The minimum Gasteiger partial charge on any atom is -0.336 e. The van der Waals surface area contributed by atoms with Crippen molar-refractivity contribution < 1.29 is 0 Å². The number of hydrazine groups is 1. The molecule has 0 aliphatic heterocycles. The fourth-order valence-corrected chi connectivity index (χ4v) is 1.77. The van der Waals surface area contributed by atoms with Gasteiger partial charge in [-0.3, -0.25) is 5.84 Å². The van der Waals surface area contributed by atoms with E-state index in [1.165, 1.54) is 0 Å². The van der Waals surface area contributed by atoms with Crippen molar-refractivity contribution in [1.29, 1.82) is 0 Å².